The van der Waals surface area contributed by atoms with Gasteiger partial charge in [0.1, 0.15) is 0 Å². The van der Waals surface area contributed by atoms with E-state index in [9.17, 15) is 0 Å². The Morgan fingerprint density at radius 2 is 1.88 bits per heavy atom. The van der Waals surface area contributed by atoms with E-state index in [-0.39, 0.29) is 0 Å². The van der Waals surface area contributed by atoms with E-state index < -0.39 is 0 Å². The minimum Gasteiger partial charge on any atom is -0.312 e. The van der Waals surface area contributed by atoms with Crippen molar-refractivity contribution >= 4 is 0 Å². The molecule has 0 radical (unpaired) electrons. The summed E-state index contributed by atoms with van der Waals surface area (Å²) in [7, 11) is 0. The van der Waals surface area contributed by atoms with E-state index >= 15 is 0 Å². The Morgan fingerprint density at radius 1 is 1.00 bits per heavy atom. The fraction of sp³-hybridized carbons (Fsp3) is 0.231. The van der Waals surface area contributed by atoms with E-state index in [4.69, 9.17) is 0 Å². The summed E-state index contributed by atoms with van der Waals surface area (Å²) < 4.78 is 0. The lowest BCUT2D eigenvalue weighted by atomic mass is 10.2. The summed E-state index contributed by atoms with van der Waals surface area (Å²) in [6, 6.07) is 10.1. The predicted molar refractivity (Wildman–Crippen MR) is 63.9 cm³/mol. The third-order valence-corrected chi connectivity index (χ3v) is 2.36. The van der Waals surface area contributed by atoms with Gasteiger partial charge in [0, 0.05) is 43.8 Å². The van der Waals surface area contributed by atoms with Gasteiger partial charge in [0.15, 0.2) is 0 Å². The first-order valence-corrected chi connectivity index (χ1v) is 5.45. The number of rotatable bonds is 5. The molecular formula is C13H15N3. The first kappa shape index (κ1) is 10.8. The van der Waals surface area contributed by atoms with Gasteiger partial charge < -0.3 is 5.32 Å². The molecule has 3 nitrogen and oxygen atoms in total. The van der Waals surface area contributed by atoms with Gasteiger partial charge in [-0.3, -0.25) is 9.97 Å². The van der Waals surface area contributed by atoms with Crippen molar-refractivity contribution in [2.75, 3.05) is 6.54 Å². The Morgan fingerprint density at radius 3 is 2.62 bits per heavy atom. The van der Waals surface area contributed by atoms with Crippen LogP contribution in [0.2, 0.25) is 0 Å². The van der Waals surface area contributed by atoms with Gasteiger partial charge in [-0.05, 0) is 29.8 Å². The molecule has 0 aliphatic heterocycles. The highest BCUT2D eigenvalue weighted by atomic mass is 14.9. The Hall–Kier alpha value is -1.74. The summed E-state index contributed by atoms with van der Waals surface area (Å²) >= 11 is 0. The van der Waals surface area contributed by atoms with Crippen LogP contribution in [0, 0.1) is 0 Å². The van der Waals surface area contributed by atoms with Crippen molar-refractivity contribution < 1.29 is 0 Å². The molecule has 0 aliphatic rings. The Balaban J connectivity index is 1.70. The van der Waals surface area contributed by atoms with Crippen molar-refractivity contribution in [2.45, 2.75) is 13.0 Å². The molecule has 0 atom stereocenters. The molecule has 82 valence electrons. The van der Waals surface area contributed by atoms with Crippen molar-refractivity contribution in [3.63, 3.8) is 0 Å². The van der Waals surface area contributed by atoms with Crippen molar-refractivity contribution in [3.8, 4) is 0 Å². The molecule has 0 saturated carbocycles. The molecule has 0 saturated heterocycles. The molecule has 0 aromatic carbocycles. The zero-order valence-corrected chi connectivity index (χ0v) is 9.13. The van der Waals surface area contributed by atoms with Gasteiger partial charge in [-0.2, -0.15) is 0 Å². The number of nitrogens with zero attached hydrogens (tertiary/aromatic N) is 2. The molecule has 1 N–H and O–H groups in total. The van der Waals surface area contributed by atoms with E-state index in [0.717, 1.165) is 25.2 Å². The van der Waals surface area contributed by atoms with Crippen LogP contribution in [0.25, 0.3) is 0 Å². The van der Waals surface area contributed by atoms with E-state index in [1.54, 1.807) is 0 Å². The molecule has 0 amide bonds. The van der Waals surface area contributed by atoms with Crippen molar-refractivity contribution in [3.05, 3.63) is 60.2 Å². The molecule has 0 aliphatic carbocycles. The highest BCUT2D eigenvalue weighted by Crippen LogP contribution is 1.96. The topological polar surface area (TPSA) is 37.8 Å². The lowest BCUT2D eigenvalue weighted by Gasteiger charge is -2.04. The quantitative estimate of drug-likeness (QED) is 0.770. The fourth-order valence-electron chi connectivity index (χ4n) is 1.50. The molecule has 0 spiro atoms. The lowest BCUT2D eigenvalue weighted by Crippen LogP contribution is -2.17. The first-order chi connectivity index (χ1) is 7.95. The molecule has 2 heterocycles. The normalized spacial score (nSPS) is 10.2. The summed E-state index contributed by atoms with van der Waals surface area (Å²) in [5, 5.41) is 3.38. The molecule has 0 bridgehead atoms. The van der Waals surface area contributed by atoms with Crippen LogP contribution >= 0.6 is 0 Å². The highest BCUT2D eigenvalue weighted by Gasteiger charge is 1.93. The van der Waals surface area contributed by atoms with Crippen molar-refractivity contribution in [2.24, 2.45) is 0 Å². The second kappa shape index (κ2) is 5.98. The van der Waals surface area contributed by atoms with Gasteiger partial charge in [-0.25, -0.2) is 0 Å². The van der Waals surface area contributed by atoms with Crippen LogP contribution in [0.15, 0.2) is 48.9 Å². The maximum absolute atomic E-state index is 4.27. The predicted octanol–water partition coefficient (Wildman–Crippen LogP) is 1.81. The molecule has 3 heteroatoms. The molecular weight excluding hydrogens is 198 g/mol. The average molecular weight is 213 g/mol. The standard InChI is InChI=1S/C13H15N3/c1-2-7-16-13(3-1)6-10-15-11-12-4-8-14-9-5-12/h1-5,7-9,15H,6,10-11H2. The van der Waals surface area contributed by atoms with Gasteiger partial charge in [-0.1, -0.05) is 6.07 Å². The maximum Gasteiger partial charge on any atom is 0.0416 e. The lowest BCUT2D eigenvalue weighted by molar-refractivity contribution is 0.679. The SMILES string of the molecule is c1ccc(CCNCc2ccncc2)nc1. The summed E-state index contributed by atoms with van der Waals surface area (Å²) in [5.41, 5.74) is 2.39. The van der Waals surface area contributed by atoms with E-state index in [2.05, 4.69) is 15.3 Å². The van der Waals surface area contributed by atoms with Crippen LogP contribution in [0.1, 0.15) is 11.3 Å². The number of pyridine rings is 2. The second-order valence-corrected chi connectivity index (χ2v) is 3.60. The molecule has 16 heavy (non-hydrogen) atoms. The zero-order valence-electron chi connectivity index (χ0n) is 9.13. The zero-order chi connectivity index (χ0) is 11.1. The Labute approximate surface area is 95.6 Å². The number of aromatic nitrogens is 2. The van der Waals surface area contributed by atoms with Crippen LogP contribution in [0.4, 0.5) is 0 Å². The van der Waals surface area contributed by atoms with Crippen LogP contribution in [0.3, 0.4) is 0 Å². The summed E-state index contributed by atoms with van der Waals surface area (Å²) in [6.45, 7) is 1.83. The van der Waals surface area contributed by atoms with Gasteiger partial charge in [0.25, 0.3) is 0 Å². The largest absolute Gasteiger partial charge is 0.312 e. The smallest absolute Gasteiger partial charge is 0.0416 e. The average Bonchev–Trinajstić information content (AvgIpc) is 2.37. The van der Waals surface area contributed by atoms with Crippen LogP contribution in [-0.4, -0.2) is 16.5 Å². The van der Waals surface area contributed by atoms with Gasteiger partial charge in [-0.15, -0.1) is 0 Å². The maximum atomic E-state index is 4.27. The number of hydrogen-bond donors (Lipinski definition) is 1. The van der Waals surface area contributed by atoms with E-state index in [1.807, 2.05) is 48.9 Å². The Bertz CT molecular complexity index is 359. The van der Waals surface area contributed by atoms with Crippen molar-refractivity contribution in [1.82, 2.24) is 15.3 Å². The van der Waals surface area contributed by atoms with Gasteiger partial charge in [0.05, 0.1) is 0 Å². The molecule has 2 aromatic heterocycles. The monoisotopic (exact) mass is 213 g/mol. The number of nitrogens with one attached hydrogen (secondary N) is 1. The van der Waals surface area contributed by atoms with Crippen LogP contribution in [0.5, 0.6) is 0 Å². The summed E-state index contributed by atoms with van der Waals surface area (Å²) in [6.07, 6.45) is 6.43. The highest BCUT2D eigenvalue weighted by molar-refractivity contribution is 5.09. The molecule has 2 rings (SSSR count). The summed E-state index contributed by atoms with van der Waals surface area (Å²) in [5.74, 6) is 0. The fourth-order valence-corrected chi connectivity index (χ4v) is 1.50. The minimum atomic E-state index is 0.884. The first-order valence-electron chi connectivity index (χ1n) is 5.45. The van der Waals surface area contributed by atoms with Crippen LogP contribution in [-0.2, 0) is 13.0 Å². The number of hydrogen-bond acceptors (Lipinski definition) is 3. The third kappa shape index (κ3) is 3.44. The third-order valence-electron chi connectivity index (χ3n) is 2.36. The Kier molecular flexibility index (Phi) is 4.02. The molecule has 2 aromatic rings. The van der Waals surface area contributed by atoms with Crippen molar-refractivity contribution in [1.29, 1.82) is 0 Å². The van der Waals surface area contributed by atoms with E-state index in [0.29, 0.717) is 0 Å². The second-order valence-electron chi connectivity index (χ2n) is 3.60. The molecule has 0 fully saturated rings. The van der Waals surface area contributed by atoms with Gasteiger partial charge in [0.2, 0.25) is 0 Å². The van der Waals surface area contributed by atoms with Crippen LogP contribution < -0.4 is 5.32 Å². The molecule has 0 unspecified atom stereocenters. The van der Waals surface area contributed by atoms with Gasteiger partial charge >= 0.3 is 0 Å². The minimum absolute atomic E-state index is 0.884. The summed E-state index contributed by atoms with van der Waals surface area (Å²) in [4.78, 5) is 8.26. The van der Waals surface area contributed by atoms with E-state index in [1.165, 1.54) is 5.56 Å².